The van der Waals surface area contributed by atoms with Crippen LogP contribution in [0.2, 0.25) is 0 Å². The summed E-state index contributed by atoms with van der Waals surface area (Å²) >= 11 is 0. The van der Waals surface area contributed by atoms with Crippen molar-refractivity contribution in [2.24, 2.45) is 7.05 Å². The molecule has 1 aliphatic heterocycles. The molecule has 0 fully saturated rings. The van der Waals surface area contributed by atoms with Crippen LogP contribution in [0.5, 0.6) is 11.5 Å². The molecule has 0 aliphatic carbocycles. The fraction of sp³-hybridized carbons (Fsp3) is 0.214. The third kappa shape index (κ3) is 5.29. The van der Waals surface area contributed by atoms with E-state index in [4.69, 9.17) is 9.47 Å². The van der Waals surface area contributed by atoms with Gasteiger partial charge < -0.3 is 14.8 Å². The molecule has 1 aromatic heterocycles. The molecular formula is C28H31N6O4+. The van der Waals surface area contributed by atoms with E-state index in [0.717, 1.165) is 5.56 Å². The molecule has 0 radical (unpaired) electrons. The van der Waals surface area contributed by atoms with Gasteiger partial charge >= 0.3 is 12.0 Å². The molecule has 10 nitrogen and oxygen atoms in total. The summed E-state index contributed by atoms with van der Waals surface area (Å²) in [6.45, 7) is 8.07. The summed E-state index contributed by atoms with van der Waals surface area (Å²) in [6.07, 6.45) is 5.34. The van der Waals surface area contributed by atoms with Gasteiger partial charge in [0.2, 0.25) is 11.7 Å². The number of nitrogens with one attached hydrogen (secondary N) is 2. The van der Waals surface area contributed by atoms with Gasteiger partial charge in [0, 0.05) is 18.2 Å². The maximum atomic E-state index is 13.8. The third-order valence-electron chi connectivity index (χ3n) is 6.13. The molecule has 2 N–H and O–H groups in total. The summed E-state index contributed by atoms with van der Waals surface area (Å²) in [4.78, 5) is 33.8. The normalized spacial score (nSPS) is 12.4. The van der Waals surface area contributed by atoms with Gasteiger partial charge in [0.25, 0.3) is 0 Å². The molecule has 196 valence electrons. The summed E-state index contributed by atoms with van der Waals surface area (Å²) in [5.74, 6) is 2.06. The Bertz CT molecular complexity index is 1370. The van der Waals surface area contributed by atoms with Crippen LogP contribution in [0.4, 0.5) is 33.6 Å². The molecule has 3 aromatic rings. The molecular weight excluding hydrogens is 484 g/mol. The van der Waals surface area contributed by atoms with Crippen LogP contribution < -0.4 is 34.5 Å². The van der Waals surface area contributed by atoms with Crippen LogP contribution in [0.25, 0.3) is 0 Å². The van der Waals surface area contributed by atoms with E-state index in [-0.39, 0.29) is 11.9 Å². The molecule has 4 rings (SSSR count). The van der Waals surface area contributed by atoms with E-state index in [0.29, 0.717) is 59.8 Å². The van der Waals surface area contributed by atoms with Gasteiger partial charge in [-0.15, -0.1) is 11.6 Å². The molecule has 0 atom stereocenters. The first-order valence-electron chi connectivity index (χ1n) is 12.0. The van der Waals surface area contributed by atoms with Crippen molar-refractivity contribution in [2.75, 3.05) is 41.2 Å². The molecule has 10 heteroatoms. The Morgan fingerprint density at radius 1 is 1.13 bits per heavy atom. The van der Waals surface area contributed by atoms with Gasteiger partial charge in [0.05, 0.1) is 57.5 Å². The van der Waals surface area contributed by atoms with E-state index in [1.807, 2.05) is 29.8 Å². The Hall–Kier alpha value is -4.86. The van der Waals surface area contributed by atoms with Crippen LogP contribution >= 0.6 is 0 Å². The molecule has 2 heterocycles. The fourth-order valence-corrected chi connectivity index (χ4v) is 4.23. The van der Waals surface area contributed by atoms with Crippen LogP contribution in [-0.2, 0) is 18.4 Å². The maximum Gasteiger partial charge on any atom is 0.372 e. The number of ether oxygens (including phenoxy) is 2. The number of fused-ring (bicyclic) bond motifs is 1. The van der Waals surface area contributed by atoms with Crippen molar-refractivity contribution < 1.29 is 23.6 Å². The van der Waals surface area contributed by atoms with Crippen molar-refractivity contribution in [2.45, 2.75) is 13.0 Å². The topological polar surface area (TPSA) is 99.9 Å². The zero-order valence-corrected chi connectivity index (χ0v) is 21.7. The van der Waals surface area contributed by atoms with Crippen LogP contribution in [0, 0.1) is 0 Å². The van der Waals surface area contributed by atoms with Crippen LogP contribution in [0.3, 0.4) is 0 Å². The number of amides is 3. The van der Waals surface area contributed by atoms with Gasteiger partial charge in [-0.2, -0.15) is 0 Å². The van der Waals surface area contributed by atoms with E-state index in [1.54, 1.807) is 60.6 Å². The minimum Gasteiger partial charge on any atom is -0.497 e. The highest BCUT2D eigenvalue weighted by Crippen LogP contribution is 2.35. The number of carbonyl (C=O) groups is 2. The van der Waals surface area contributed by atoms with Crippen LogP contribution in [0.15, 0.2) is 74.0 Å². The standard InChI is InChI=1S/C28H30N6O4/c1-6-8-13-33-26-19(18-34(28(33)36)20-14-21(37-4)16-22(15-20)38-5)17-29-27(32(26)3)31-24-12-10-9-11-23(24)30-25(35)7-2/h6-7,9-12,14-17H,1-2,8,13,18H2,3-5H3,(H,30,35)/p+1. The van der Waals surface area contributed by atoms with Crippen LogP contribution in [0.1, 0.15) is 12.0 Å². The second-order valence-electron chi connectivity index (χ2n) is 8.52. The van der Waals surface area contributed by atoms with Gasteiger partial charge in [0.15, 0.2) is 0 Å². The lowest BCUT2D eigenvalue weighted by Crippen LogP contribution is -2.54. The quantitative estimate of drug-likeness (QED) is 0.237. The third-order valence-corrected chi connectivity index (χ3v) is 6.13. The number of aromatic nitrogens is 2. The van der Waals surface area contributed by atoms with Gasteiger partial charge in [-0.25, -0.2) is 14.3 Å². The Morgan fingerprint density at radius 3 is 2.45 bits per heavy atom. The van der Waals surface area contributed by atoms with Gasteiger partial charge in [-0.05, 0) is 24.6 Å². The van der Waals surface area contributed by atoms with Crippen molar-refractivity contribution >= 4 is 40.8 Å². The molecule has 1 aliphatic rings. The summed E-state index contributed by atoms with van der Waals surface area (Å²) < 4.78 is 12.7. The number of methoxy groups -OCH3 is 2. The van der Waals surface area contributed by atoms with E-state index in [9.17, 15) is 9.59 Å². The first-order chi connectivity index (χ1) is 18.4. The first-order valence-corrected chi connectivity index (χ1v) is 12.0. The van der Waals surface area contributed by atoms with Crippen molar-refractivity contribution in [3.63, 3.8) is 0 Å². The smallest absolute Gasteiger partial charge is 0.372 e. The number of hydrogen-bond donors (Lipinski definition) is 2. The molecule has 0 unspecified atom stereocenters. The van der Waals surface area contributed by atoms with Crippen molar-refractivity contribution in [1.82, 2.24) is 4.98 Å². The lowest BCUT2D eigenvalue weighted by Gasteiger charge is -2.34. The highest BCUT2D eigenvalue weighted by molar-refractivity contribution is 6.05. The maximum absolute atomic E-state index is 13.8. The number of anilines is 5. The number of rotatable bonds is 10. The second kappa shape index (κ2) is 11.5. The Balaban J connectivity index is 1.74. The predicted octanol–water partition coefficient (Wildman–Crippen LogP) is 4.31. The number of para-hydroxylation sites is 2. The van der Waals surface area contributed by atoms with E-state index in [2.05, 4.69) is 28.8 Å². The lowest BCUT2D eigenvalue weighted by atomic mass is 10.1. The minimum atomic E-state index is -0.322. The Kier molecular flexibility index (Phi) is 7.91. The highest BCUT2D eigenvalue weighted by atomic mass is 16.5. The number of urea groups is 1. The van der Waals surface area contributed by atoms with E-state index >= 15 is 0 Å². The summed E-state index contributed by atoms with van der Waals surface area (Å²) in [6, 6.07) is 12.5. The van der Waals surface area contributed by atoms with E-state index < -0.39 is 0 Å². The monoisotopic (exact) mass is 515 g/mol. The fourth-order valence-electron chi connectivity index (χ4n) is 4.23. The summed E-state index contributed by atoms with van der Waals surface area (Å²) in [5, 5.41) is 6.07. The van der Waals surface area contributed by atoms with Crippen molar-refractivity contribution in [1.29, 1.82) is 0 Å². The molecule has 0 saturated heterocycles. The SMILES string of the molecule is C=CCCN1C(=O)N(c2cc(OC)cc(OC)c2)Cc2cnc(Nc3ccccc3NC(=O)C=C)[n+](C)c21. The Morgan fingerprint density at radius 2 is 1.82 bits per heavy atom. The average molecular weight is 516 g/mol. The number of benzene rings is 2. The predicted molar refractivity (Wildman–Crippen MR) is 147 cm³/mol. The molecule has 38 heavy (non-hydrogen) atoms. The van der Waals surface area contributed by atoms with Crippen molar-refractivity contribution in [3.8, 4) is 11.5 Å². The van der Waals surface area contributed by atoms with Crippen molar-refractivity contribution in [3.05, 3.63) is 79.5 Å². The first kappa shape index (κ1) is 26.2. The van der Waals surface area contributed by atoms with Crippen LogP contribution in [-0.4, -0.2) is 37.7 Å². The lowest BCUT2D eigenvalue weighted by molar-refractivity contribution is -0.646. The van der Waals surface area contributed by atoms with Gasteiger partial charge in [0.1, 0.15) is 17.2 Å². The van der Waals surface area contributed by atoms with E-state index in [1.165, 1.54) is 6.08 Å². The zero-order valence-electron chi connectivity index (χ0n) is 21.7. The Labute approximate surface area is 221 Å². The summed E-state index contributed by atoms with van der Waals surface area (Å²) in [7, 11) is 4.99. The molecule has 3 amide bonds. The average Bonchev–Trinajstić information content (AvgIpc) is 2.94. The number of hydrogen-bond acceptors (Lipinski definition) is 6. The van der Waals surface area contributed by atoms with Gasteiger partial charge in [-0.3, -0.25) is 15.0 Å². The zero-order chi connectivity index (χ0) is 27.2. The molecule has 0 spiro atoms. The minimum absolute atomic E-state index is 0.193. The molecule has 0 saturated carbocycles. The highest BCUT2D eigenvalue weighted by Gasteiger charge is 2.38. The molecule has 2 aromatic carbocycles. The summed E-state index contributed by atoms with van der Waals surface area (Å²) in [5.41, 5.74) is 2.74. The number of carbonyl (C=O) groups excluding carboxylic acids is 2. The second-order valence-corrected chi connectivity index (χ2v) is 8.52. The largest absolute Gasteiger partial charge is 0.497 e. The van der Waals surface area contributed by atoms with Gasteiger partial charge in [-0.1, -0.05) is 24.8 Å². The number of nitrogens with zero attached hydrogens (tertiary/aromatic N) is 4. The molecule has 0 bridgehead atoms.